The summed E-state index contributed by atoms with van der Waals surface area (Å²) in [5.74, 6) is -1.22. The van der Waals surface area contributed by atoms with Crippen LogP contribution in [0.3, 0.4) is 0 Å². The standard InChI is InChI=1S/C9H8F4O.C2H6/c1-2-6-3-4-7(5-8(6)10)14-9(11,12)13;1-2/h3-5H,2H2,1H3;1-2H3. The van der Waals surface area contributed by atoms with Crippen LogP contribution in [0.25, 0.3) is 0 Å². The average molecular weight is 238 g/mol. The van der Waals surface area contributed by atoms with Crippen molar-refractivity contribution in [2.75, 3.05) is 0 Å². The van der Waals surface area contributed by atoms with Crippen LogP contribution in [-0.2, 0) is 6.42 Å². The van der Waals surface area contributed by atoms with Crippen molar-refractivity contribution in [3.63, 3.8) is 0 Å². The summed E-state index contributed by atoms with van der Waals surface area (Å²) in [5.41, 5.74) is 0.361. The SMILES string of the molecule is CC.CCc1ccc(OC(F)(F)F)cc1F. The van der Waals surface area contributed by atoms with Gasteiger partial charge in [0.05, 0.1) is 0 Å². The summed E-state index contributed by atoms with van der Waals surface area (Å²) in [7, 11) is 0. The van der Waals surface area contributed by atoms with E-state index in [0.29, 0.717) is 12.0 Å². The van der Waals surface area contributed by atoms with Gasteiger partial charge in [0.25, 0.3) is 0 Å². The van der Waals surface area contributed by atoms with Gasteiger partial charge in [-0.25, -0.2) is 4.39 Å². The van der Waals surface area contributed by atoms with Crippen molar-refractivity contribution in [2.45, 2.75) is 33.6 Å². The van der Waals surface area contributed by atoms with Gasteiger partial charge in [0.2, 0.25) is 0 Å². The summed E-state index contributed by atoms with van der Waals surface area (Å²) < 4.78 is 51.7. The third-order valence-electron chi connectivity index (χ3n) is 1.64. The van der Waals surface area contributed by atoms with Crippen LogP contribution in [0.2, 0.25) is 0 Å². The first-order valence-corrected chi connectivity index (χ1v) is 4.96. The first-order valence-electron chi connectivity index (χ1n) is 4.96. The Balaban J connectivity index is 0.00000106. The largest absolute Gasteiger partial charge is 0.573 e. The molecule has 0 atom stereocenters. The number of aryl methyl sites for hydroxylation is 1. The molecule has 0 N–H and O–H groups in total. The Morgan fingerprint density at radius 3 is 2.12 bits per heavy atom. The molecule has 1 aromatic rings. The number of ether oxygens (including phenoxy) is 1. The van der Waals surface area contributed by atoms with Gasteiger partial charge >= 0.3 is 6.36 Å². The van der Waals surface area contributed by atoms with Gasteiger partial charge in [-0.1, -0.05) is 26.8 Å². The molecular formula is C11H14F4O. The zero-order valence-corrected chi connectivity index (χ0v) is 9.36. The highest BCUT2D eigenvalue weighted by Crippen LogP contribution is 2.24. The molecule has 16 heavy (non-hydrogen) atoms. The van der Waals surface area contributed by atoms with Crippen molar-refractivity contribution in [3.8, 4) is 5.75 Å². The van der Waals surface area contributed by atoms with Crippen LogP contribution in [0.5, 0.6) is 5.75 Å². The summed E-state index contributed by atoms with van der Waals surface area (Å²) >= 11 is 0. The van der Waals surface area contributed by atoms with Crippen LogP contribution in [0.4, 0.5) is 17.6 Å². The lowest BCUT2D eigenvalue weighted by atomic mass is 10.1. The van der Waals surface area contributed by atoms with Crippen LogP contribution in [0.1, 0.15) is 26.3 Å². The quantitative estimate of drug-likeness (QED) is 0.697. The molecule has 1 nitrogen and oxygen atoms in total. The monoisotopic (exact) mass is 238 g/mol. The van der Waals surface area contributed by atoms with E-state index in [-0.39, 0.29) is 0 Å². The molecule has 0 saturated heterocycles. The first-order chi connectivity index (χ1) is 7.42. The number of alkyl halides is 3. The maximum absolute atomic E-state index is 13.0. The molecule has 0 spiro atoms. The number of benzene rings is 1. The minimum absolute atomic E-state index is 0.361. The number of hydrogen-bond donors (Lipinski definition) is 0. The van der Waals surface area contributed by atoms with E-state index in [9.17, 15) is 17.6 Å². The van der Waals surface area contributed by atoms with Gasteiger partial charge in [-0.15, -0.1) is 13.2 Å². The minimum Gasteiger partial charge on any atom is -0.406 e. The van der Waals surface area contributed by atoms with E-state index in [1.54, 1.807) is 6.92 Å². The van der Waals surface area contributed by atoms with E-state index in [4.69, 9.17) is 0 Å². The van der Waals surface area contributed by atoms with Crippen LogP contribution >= 0.6 is 0 Å². The molecule has 1 rings (SSSR count). The maximum atomic E-state index is 13.0. The smallest absolute Gasteiger partial charge is 0.406 e. The Kier molecular flexibility index (Phi) is 5.85. The molecule has 92 valence electrons. The molecule has 0 aliphatic rings. The van der Waals surface area contributed by atoms with Gasteiger partial charge in [0, 0.05) is 6.07 Å². The Labute approximate surface area is 92.0 Å². The summed E-state index contributed by atoms with van der Waals surface area (Å²) in [6.45, 7) is 5.71. The fourth-order valence-electron chi connectivity index (χ4n) is 1.01. The first kappa shape index (κ1) is 14.7. The highest BCUT2D eigenvalue weighted by Gasteiger charge is 2.31. The summed E-state index contributed by atoms with van der Waals surface area (Å²) in [4.78, 5) is 0. The van der Waals surface area contributed by atoms with E-state index < -0.39 is 17.9 Å². The minimum atomic E-state index is -4.78. The molecule has 0 heterocycles. The van der Waals surface area contributed by atoms with Crippen molar-refractivity contribution in [3.05, 3.63) is 29.6 Å². The molecule has 0 radical (unpaired) electrons. The number of rotatable bonds is 2. The van der Waals surface area contributed by atoms with Crippen LogP contribution in [-0.4, -0.2) is 6.36 Å². The van der Waals surface area contributed by atoms with Gasteiger partial charge in [-0.3, -0.25) is 0 Å². The molecule has 5 heteroatoms. The van der Waals surface area contributed by atoms with E-state index in [1.807, 2.05) is 13.8 Å². The third-order valence-corrected chi connectivity index (χ3v) is 1.64. The van der Waals surface area contributed by atoms with Crippen LogP contribution in [0.15, 0.2) is 18.2 Å². The fourth-order valence-corrected chi connectivity index (χ4v) is 1.01. The molecule has 0 bridgehead atoms. The Morgan fingerprint density at radius 1 is 1.19 bits per heavy atom. The van der Waals surface area contributed by atoms with Gasteiger partial charge in [-0.2, -0.15) is 0 Å². The van der Waals surface area contributed by atoms with E-state index in [2.05, 4.69) is 4.74 Å². The Hall–Kier alpha value is -1.26. The Morgan fingerprint density at radius 2 is 1.75 bits per heavy atom. The molecule has 0 aliphatic carbocycles. The van der Waals surface area contributed by atoms with Gasteiger partial charge < -0.3 is 4.74 Å². The van der Waals surface area contributed by atoms with Gasteiger partial charge in [0.15, 0.2) is 0 Å². The van der Waals surface area contributed by atoms with E-state index in [0.717, 1.165) is 12.1 Å². The summed E-state index contributed by atoms with van der Waals surface area (Å²) in [5, 5.41) is 0. The summed E-state index contributed by atoms with van der Waals surface area (Å²) in [6, 6.07) is 3.10. The lowest BCUT2D eigenvalue weighted by molar-refractivity contribution is -0.274. The zero-order valence-electron chi connectivity index (χ0n) is 9.36. The number of halogens is 4. The molecular weight excluding hydrogens is 224 g/mol. The summed E-state index contributed by atoms with van der Waals surface area (Å²) in [6.07, 6.45) is -4.35. The Bertz CT molecular complexity index is 320. The highest BCUT2D eigenvalue weighted by atomic mass is 19.4. The van der Waals surface area contributed by atoms with Crippen LogP contribution in [0, 0.1) is 5.82 Å². The van der Waals surface area contributed by atoms with Crippen molar-refractivity contribution in [2.24, 2.45) is 0 Å². The second-order valence-corrected chi connectivity index (χ2v) is 2.65. The molecule has 0 aromatic heterocycles. The van der Waals surface area contributed by atoms with E-state index >= 15 is 0 Å². The second kappa shape index (κ2) is 6.35. The van der Waals surface area contributed by atoms with Crippen LogP contribution < -0.4 is 4.74 Å². The molecule has 0 fully saturated rings. The van der Waals surface area contributed by atoms with Gasteiger partial charge in [0.1, 0.15) is 11.6 Å². The maximum Gasteiger partial charge on any atom is 0.573 e. The predicted molar refractivity (Wildman–Crippen MR) is 53.8 cm³/mol. The lowest BCUT2D eigenvalue weighted by Crippen LogP contribution is -2.17. The molecule has 0 amide bonds. The fraction of sp³-hybridized carbons (Fsp3) is 0.455. The molecule has 0 unspecified atom stereocenters. The normalized spacial score (nSPS) is 10.4. The van der Waals surface area contributed by atoms with Crippen molar-refractivity contribution < 1.29 is 22.3 Å². The molecule has 1 aromatic carbocycles. The molecule has 0 aliphatic heterocycles. The topological polar surface area (TPSA) is 9.23 Å². The van der Waals surface area contributed by atoms with Crippen molar-refractivity contribution in [1.29, 1.82) is 0 Å². The molecule has 0 saturated carbocycles. The van der Waals surface area contributed by atoms with Gasteiger partial charge in [-0.05, 0) is 18.1 Å². The third kappa shape index (κ3) is 5.00. The average Bonchev–Trinajstić information content (AvgIpc) is 2.18. The lowest BCUT2D eigenvalue weighted by Gasteiger charge is -2.09. The highest BCUT2D eigenvalue weighted by molar-refractivity contribution is 5.28. The van der Waals surface area contributed by atoms with Crippen molar-refractivity contribution >= 4 is 0 Å². The zero-order chi connectivity index (χ0) is 12.8. The second-order valence-electron chi connectivity index (χ2n) is 2.65. The predicted octanol–water partition coefficient (Wildman–Crippen LogP) is 4.31. The van der Waals surface area contributed by atoms with Crippen molar-refractivity contribution in [1.82, 2.24) is 0 Å². The van der Waals surface area contributed by atoms with E-state index in [1.165, 1.54) is 6.07 Å². The number of hydrogen-bond acceptors (Lipinski definition) is 1.